The van der Waals surface area contributed by atoms with Crippen molar-refractivity contribution >= 4 is 23.4 Å². The minimum atomic E-state index is -0.382. The maximum Gasteiger partial charge on any atom is 0.279 e. The number of imidazole rings is 1. The first-order chi connectivity index (χ1) is 9.74. The molecule has 0 bridgehead atoms. The molecule has 4 nitrogen and oxygen atoms in total. The molecule has 2 aromatic rings. The van der Waals surface area contributed by atoms with Crippen molar-refractivity contribution in [2.45, 2.75) is 0 Å². The number of para-hydroxylation sites is 1. The Morgan fingerprint density at radius 2 is 1.95 bits per heavy atom. The number of halogens is 1. The van der Waals surface area contributed by atoms with E-state index in [0.717, 1.165) is 5.69 Å². The zero-order valence-electron chi connectivity index (χ0n) is 10.5. The predicted octanol–water partition coefficient (Wildman–Crippen LogP) is -0.294. The lowest BCUT2D eigenvalue weighted by Gasteiger charge is -2.09. The van der Waals surface area contributed by atoms with Crippen LogP contribution in [0, 0.1) is 6.54 Å². The molecule has 0 aliphatic carbocycles. The summed E-state index contributed by atoms with van der Waals surface area (Å²) in [5.41, 5.74) is 1.00. The van der Waals surface area contributed by atoms with E-state index in [-0.39, 0.29) is 22.5 Å². The van der Waals surface area contributed by atoms with Crippen molar-refractivity contribution < 1.29 is 5.11 Å². The molecule has 1 aliphatic heterocycles. The third kappa shape index (κ3) is 1.89. The second-order valence-corrected chi connectivity index (χ2v) is 4.58. The van der Waals surface area contributed by atoms with Gasteiger partial charge in [-0.2, -0.15) is 0 Å². The van der Waals surface area contributed by atoms with Crippen molar-refractivity contribution in [1.82, 2.24) is 9.13 Å². The fourth-order valence-corrected chi connectivity index (χ4v) is 2.39. The number of aromatic nitrogens is 2. The van der Waals surface area contributed by atoms with Crippen molar-refractivity contribution in [1.29, 1.82) is 0 Å². The van der Waals surface area contributed by atoms with Crippen LogP contribution in [0.2, 0.25) is 0 Å². The second kappa shape index (κ2) is 5.06. The fourth-order valence-electron chi connectivity index (χ4n) is 2.26. The third-order valence-corrected chi connectivity index (χ3v) is 3.36. The second-order valence-electron chi connectivity index (χ2n) is 4.31. The van der Waals surface area contributed by atoms with E-state index in [1.807, 2.05) is 36.4 Å². The van der Waals surface area contributed by atoms with Crippen molar-refractivity contribution in [3.05, 3.63) is 70.2 Å². The van der Waals surface area contributed by atoms with Crippen LogP contribution in [0.1, 0.15) is 0 Å². The summed E-state index contributed by atoms with van der Waals surface area (Å²) in [6.07, 6.45) is 5.38. The van der Waals surface area contributed by atoms with E-state index in [9.17, 15) is 9.90 Å². The van der Waals surface area contributed by atoms with Crippen LogP contribution in [0.15, 0.2) is 47.3 Å². The predicted molar refractivity (Wildman–Crippen MR) is 76.7 cm³/mol. The first kappa shape index (κ1) is 12.8. The van der Waals surface area contributed by atoms with Gasteiger partial charge in [-0.25, -0.2) is 0 Å². The van der Waals surface area contributed by atoms with Gasteiger partial charge >= 0.3 is 0 Å². The van der Waals surface area contributed by atoms with Gasteiger partial charge in [-0.3, -0.25) is 9.36 Å². The molecule has 5 heteroatoms. The van der Waals surface area contributed by atoms with E-state index in [0.29, 0.717) is 5.48 Å². The van der Waals surface area contributed by atoms with Crippen molar-refractivity contribution in [3.63, 3.8) is 0 Å². The molecule has 0 spiro atoms. The smallest absolute Gasteiger partial charge is 0.279 e. The SMILES string of the molecule is O=c1c(=C([O-])CCl)n2c(n1-c1ccccc1)=CC=C[CH]2. The number of allylic oxidation sites excluding steroid dienone is 2. The van der Waals surface area contributed by atoms with Gasteiger partial charge in [0.1, 0.15) is 5.48 Å². The van der Waals surface area contributed by atoms with Gasteiger partial charge in [0.15, 0.2) is 0 Å². The largest absolute Gasteiger partial charge is 0.873 e. The van der Waals surface area contributed by atoms with E-state index in [1.54, 1.807) is 23.3 Å². The molecular formula is C15H11ClN2O2-. The Balaban J connectivity index is 2.48. The van der Waals surface area contributed by atoms with Crippen molar-refractivity contribution in [2.24, 2.45) is 0 Å². The highest BCUT2D eigenvalue weighted by Crippen LogP contribution is 2.02. The average molecular weight is 287 g/mol. The molecule has 0 saturated heterocycles. The molecule has 3 rings (SSSR count). The number of hydrogen-bond acceptors (Lipinski definition) is 2. The molecule has 20 heavy (non-hydrogen) atoms. The van der Waals surface area contributed by atoms with E-state index in [4.69, 9.17) is 11.6 Å². The first-order valence-corrected chi connectivity index (χ1v) is 6.64. The zero-order valence-corrected chi connectivity index (χ0v) is 11.2. The van der Waals surface area contributed by atoms with Crippen LogP contribution in [0.25, 0.3) is 17.5 Å². The molecule has 0 amide bonds. The number of benzene rings is 1. The molecule has 0 unspecified atom stereocenters. The topological polar surface area (TPSA) is 50.0 Å². The van der Waals surface area contributed by atoms with E-state index in [2.05, 4.69) is 0 Å². The van der Waals surface area contributed by atoms with Gasteiger partial charge in [-0.15, -0.1) is 11.6 Å². The van der Waals surface area contributed by atoms with Crippen LogP contribution in [-0.4, -0.2) is 15.0 Å². The van der Waals surface area contributed by atoms with Crippen LogP contribution in [0.3, 0.4) is 0 Å². The Bertz CT molecular complexity index is 844. The summed E-state index contributed by atoms with van der Waals surface area (Å²) in [6, 6.07) is 9.21. The lowest BCUT2D eigenvalue weighted by molar-refractivity contribution is -0.248. The van der Waals surface area contributed by atoms with Crippen molar-refractivity contribution in [2.75, 3.05) is 5.88 Å². The summed E-state index contributed by atoms with van der Waals surface area (Å²) in [6.45, 7) is 1.69. The van der Waals surface area contributed by atoms with Crippen LogP contribution < -0.4 is 21.5 Å². The van der Waals surface area contributed by atoms with Crippen LogP contribution in [-0.2, 0) is 0 Å². The Hall–Kier alpha value is -2.20. The number of nitrogens with zero attached hydrogens (tertiary/aromatic N) is 2. The molecule has 0 N–H and O–H groups in total. The Morgan fingerprint density at radius 1 is 1.20 bits per heavy atom. The van der Waals surface area contributed by atoms with E-state index < -0.39 is 0 Å². The first-order valence-electron chi connectivity index (χ1n) is 6.10. The van der Waals surface area contributed by atoms with Gasteiger partial charge in [0, 0.05) is 5.88 Å². The van der Waals surface area contributed by atoms with Gasteiger partial charge in [0.2, 0.25) is 0 Å². The highest BCUT2D eigenvalue weighted by molar-refractivity contribution is 6.21. The summed E-state index contributed by atoms with van der Waals surface area (Å²) < 4.78 is 3.10. The lowest BCUT2D eigenvalue weighted by atomic mass is 10.3. The Morgan fingerprint density at radius 3 is 2.65 bits per heavy atom. The summed E-state index contributed by atoms with van der Waals surface area (Å²) in [5.74, 6) is -0.599. The lowest BCUT2D eigenvalue weighted by Crippen LogP contribution is -2.37. The quantitative estimate of drug-likeness (QED) is 0.712. The molecule has 0 fully saturated rings. The molecule has 0 atom stereocenters. The molecule has 1 radical (unpaired) electrons. The zero-order chi connectivity index (χ0) is 14.1. The summed E-state index contributed by atoms with van der Waals surface area (Å²) in [5, 5.41) is 12.0. The van der Waals surface area contributed by atoms with Crippen LogP contribution in [0.4, 0.5) is 0 Å². The van der Waals surface area contributed by atoms with Gasteiger partial charge in [-0.05, 0) is 18.2 Å². The number of hydrogen-bond donors (Lipinski definition) is 0. The number of rotatable bonds is 2. The molecule has 101 valence electrons. The highest BCUT2D eigenvalue weighted by Gasteiger charge is 2.12. The van der Waals surface area contributed by atoms with E-state index in [1.165, 1.54) is 4.57 Å². The maximum atomic E-state index is 12.6. The van der Waals surface area contributed by atoms with Crippen LogP contribution in [0.5, 0.6) is 0 Å². The summed E-state index contributed by atoms with van der Waals surface area (Å²) in [4.78, 5) is 12.6. The van der Waals surface area contributed by atoms with E-state index >= 15 is 0 Å². The van der Waals surface area contributed by atoms with Gasteiger partial charge in [-0.1, -0.05) is 36.1 Å². The molecule has 1 aliphatic rings. The molecular weight excluding hydrogens is 276 g/mol. The third-order valence-electron chi connectivity index (χ3n) is 3.11. The fraction of sp³-hybridized carbons (Fsp3) is 0.0667. The average Bonchev–Trinajstić information content (AvgIpc) is 2.79. The van der Waals surface area contributed by atoms with Gasteiger partial charge in [0.05, 0.1) is 17.6 Å². The number of fused-ring (bicyclic) bond motifs is 1. The Labute approximate surface area is 120 Å². The normalized spacial score (nSPS) is 14.7. The van der Waals surface area contributed by atoms with Gasteiger partial charge < -0.3 is 9.67 Å². The van der Waals surface area contributed by atoms with Crippen molar-refractivity contribution in [3.8, 4) is 5.69 Å². The maximum absolute atomic E-state index is 12.6. The van der Waals surface area contributed by atoms with Crippen LogP contribution >= 0.6 is 11.6 Å². The molecule has 1 aromatic carbocycles. The minimum Gasteiger partial charge on any atom is -0.873 e. The minimum absolute atomic E-state index is 0.0828. The Kier molecular flexibility index (Phi) is 3.24. The van der Waals surface area contributed by atoms with Gasteiger partial charge in [0.25, 0.3) is 5.56 Å². The monoisotopic (exact) mass is 286 g/mol. The molecule has 2 heterocycles. The number of alkyl halides is 1. The summed E-state index contributed by atoms with van der Waals surface area (Å²) in [7, 11) is 0. The summed E-state index contributed by atoms with van der Waals surface area (Å²) >= 11 is 5.60. The standard InChI is InChI=1S/C15H12ClN2O2/c16-10-12(19)14-15(20)18(11-6-2-1-3-7-11)13-8-4-5-9-17(13)14/h1-9,19H,10H2/p-1. The molecule has 0 saturated carbocycles. The molecule has 1 aromatic heterocycles. The highest BCUT2D eigenvalue weighted by atomic mass is 35.5.